The Kier molecular flexibility index (Phi) is 9.06. The van der Waals surface area contributed by atoms with E-state index < -0.39 is 21.9 Å². The summed E-state index contributed by atoms with van der Waals surface area (Å²) in [4.78, 5) is 20.9. The first-order valence-corrected chi connectivity index (χ1v) is 12.6. The molecule has 0 bridgehead atoms. The zero-order chi connectivity index (χ0) is 24.6. The highest BCUT2D eigenvalue weighted by Crippen LogP contribution is 2.25. The predicted molar refractivity (Wildman–Crippen MR) is 128 cm³/mol. The first-order valence-electron chi connectivity index (χ1n) is 10.8. The number of carbonyl (C=O) groups excluding carboxylic acids is 1. The van der Waals surface area contributed by atoms with E-state index in [0.717, 1.165) is 11.1 Å². The monoisotopic (exact) mass is 503 g/mol. The smallest absolute Gasteiger partial charge is 0.355 e. The van der Waals surface area contributed by atoms with Gasteiger partial charge in [0.05, 0.1) is 15.9 Å². The van der Waals surface area contributed by atoms with Gasteiger partial charge in [-0.15, -0.1) is 0 Å². The molecule has 3 aromatic carbocycles. The molecule has 0 saturated carbocycles. The summed E-state index contributed by atoms with van der Waals surface area (Å²) in [6.07, 6.45) is 0.133. The maximum atomic E-state index is 13.0. The summed E-state index contributed by atoms with van der Waals surface area (Å²) in [5, 5.41) is 14.0. The number of benzene rings is 3. The van der Waals surface area contributed by atoms with Gasteiger partial charge in [-0.2, -0.15) is 0 Å². The Balaban J connectivity index is 1.55. The van der Waals surface area contributed by atoms with E-state index in [-0.39, 0.29) is 22.0 Å². The van der Waals surface area contributed by atoms with E-state index in [9.17, 15) is 18.3 Å². The molecular formula is C25H26ClNO6S. The fourth-order valence-corrected chi connectivity index (χ4v) is 4.62. The lowest BCUT2D eigenvalue weighted by Gasteiger charge is -2.13. The van der Waals surface area contributed by atoms with Gasteiger partial charge in [0.1, 0.15) is 0 Å². The summed E-state index contributed by atoms with van der Waals surface area (Å²) < 4.78 is 25.9. The Morgan fingerprint density at radius 3 is 2.47 bits per heavy atom. The van der Waals surface area contributed by atoms with E-state index in [1.807, 2.05) is 6.07 Å². The van der Waals surface area contributed by atoms with Gasteiger partial charge in [-0.1, -0.05) is 48.9 Å². The van der Waals surface area contributed by atoms with Crippen LogP contribution in [-0.2, 0) is 25.9 Å². The standard InChI is InChI=1S/C25H26ClNO6S/c1-2-25(29)33-32-21-7-4-8-23(16-21)34(30,31)22-11-9-18(10-12-22)13-14-27-17-24(28)19-5-3-6-20(26)15-19/h3-12,15-16,24,27-28H,2,13-14,17H2,1H3/t24-/m0/s1. The number of rotatable bonds is 11. The summed E-state index contributed by atoms with van der Waals surface area (Å²) in [7, 11) is -3.77. The van der Waals surface area contributed by atoms with E-state index in [2.05, 4.69) is 10.2 Å². The van der Waals surface area contributed by atoms with E-state index in [4.69, 9.17) is 16.5 Å². The fourth-order valence-electron chi connectivity index (χ4n) is 3.12. The van der Waals surface area contributed by atoms with Gasteiger partial charge in [0.15, 0.2) is 5.75 Å². The molecule has 34 heavy (non-hydrogen) atoms. The molecule has 7 nitrogen and oxygen atoms in total. The van der Waals surface area contributed by atoms with Crippen LogP contribution in [0.3, 0.4) is 0 Å². The van der Waals surface area contributed by atoms with Crippen molar-refractivity contribution < 1.29 is 28.1 Å². The van der Waals surface area contributed by atoms with Gasteiger partial charge in [0, 0.05) is 24.1 Å². The van der Waals surface area contributed by atoms with Crippen molar-refractivity contribution in [1.29, 1.82) is 0 Å². The highest BCUT2D eigenvalue weighted by atomic mass is 35.5. The highest BCUT2D eigenvalue weighted by molar-refractivity contribution is 7.91. The average Bonchev–Trinajstić information content (AvgIpc) is 2.85. The molecule has 0 spiro atoms. The summed E-state index contributed by atoms with van der Waals surface area (Å²) in [6.45, 7) is 2.61. The molecule has 3 rings (SSSR count). The SMILES string of the molecule is CCC(=O)OOc1cccc(S(=O)(=O)c2ccc(CCNC[C@H](O)c3cccc(Cl)c3)cc2)c1. The zero-order valence-electron chi connectivity index (χ0n) is 18.6. The molecule has 0 aliphatic carbocycles. The molecule has 0 saturated heterocycles. The van der Waals surface area contributed by atoms with E-state index >= 15 is 0 Å². The average molecular weight is 504 g/mol. The summed E-state index contributed by atoms with van der Waals surface area (Å²) in [5.74, 6) is -0.442. The van der Waals surface area contributed by atoms with Crippen LogP contribution in [0.4, 0.5) is 0 Å². The molecule has 0 radical (unpaired) electrons. The predicted octanol–water partition coefficient (Wildman–Crippen LogP) is 4.29. The molecule has 0 fully saturated rings. The second-order valence-electron chi connectivity index (χ2n) is 7.54. The van der Waals surface area contributed by atoms with Gasteiger partial charge in [-0.3, -0.25) is 9.78 Å². The third kappa shape index (κ3) is 7.04. The summed E-state index contributed by atoms with van der Waals surface area (Å²) >= 11 is 5.95. The number of hydrogen-bond acceptors (Lipinski definition) is 7. The van der Waals surface area contributed by atoms with Crippen molar-refractivity contribution >= 4 is 27.4 Å². The van der Waals surface area contributed by atoms with Gasteiger partial charge in [-0.05, 0) is 60.5 Å². The number of aliphatic hydroxyl groups excluding tert-OH is 1. The number of hydrogen-bond donors (Lipinski definition) is 2. The van der Waals surface area contributed by atoms with Crippen LogP contribution in [0.1, 0.15) is 30.6 Å². The Morgan fingerprint density at radius 1 is 1.03 bits per heavy atom. The molecule has 1 atom stereocenters. The third-order valence-corrected chi connectivity index (χ3v) is 7.03. The van der Waals surface area contributed by atoms with Gasteiger partial charge in [-0.25, -0.2) is 13.2 Å². The minimum atomic E-state index is -3.77. The van der Waals surface area contributed by atoms with Crippen molar-refractivity contribution in [3.63, 3.8) is 0 Å². The third-order valence-electron chi connectivity index (χ3n) is 5.03. The molecule has 0 unspecified atom stereocenters. The molecular weight excluding hydrogens is 478 g/mol. The molecule has 180 valence electrons. The lowest BCUT2D eigenvalue weighted by molar-refractivity contribution is -0.213. The normalized spacial score (nSPS) is 12.2. The van der Waals surface area contributed by atoms with Gasteiger partial charge >= 0.3 is 5.97 Å². The van der Waals surface area contributed by atoms with Crippen molar-refractivity contribution in [3.05, 3.63) is 88.9 Å². The Labute approximate surface area is 204 Å². The molecule has 0 amide bonds. The maximum absolute atomic E-state index is 13.0. The number of sulfone groups is 1. The minimum absolute atomic E-state index is 0.0296. The van der Waals surface area contributed by atoms with Crippen molar-refractivity contribution in [3.8, 4) is 5.75 Å². The lowest BCUT2D eigenvalue weighted by Crippen LogP contribution is -2.23. The van der Waals surface area contributed by atoms with Crippen molar-refractivity contribution in [2.75, 3.05) is 13.1 Å². The van der Waals surface area contributed by atoms with Crippen LogP contribution in [0.2, 0.25) is 5.02 Å². The number of nitrogens with one attached hydrogen (secondary N) is 1. The van der Waals surface area contributed by atoms with Gasteiger partial charge < -0.3 is 10.4 Å². The largest absolute Gasteiger partial charge is 0.387 e. The summed E-state index contributed by atoms with van der Waals surface area (Å²) in [6, 6.07) is 19.5. The molecule has 0 heterocycles. The summed E-state index contributed by atoms with van der Waals surface area (Å²) in [5.41, 5.74) is 1.69. The maximum Gasteiger partial charge on any atom is 0.355 e. The Morgan fingerprint density at radius 2 is 1.76 bits per heavy atom. The van der Waals surface area contributed by atoms with Crippen molar-refractivity contribution in [2.24, 2.45) is 0 Å². The molecule has 0 aliphatic heterocycles. The van der Waals surface area contributed by atoms with Crippen LogP contribution in [0.5, 0.6) is 5.75 Å². The van der Waals surface area contributed by atoms with Gasteiger partial charge in [0.25, 0.3) is 0 Å². The van der Waals surface area contributed by atoms with Crippen LogP contribution in [0.25, 0.3) is 0 Å². The van der Waals surface area contributed by atoms with Crippen LogP contribution in [0, 0.1) is 0 Å². The molecule has 0 aromatic heterocycles. The fraction of sp³-hybridized carbons (Fsp3) is 0.240. The Hall–Kier alpha value is -2.91. The highest BCUT2D eigenvalue weighted by Gasteiger charge is 2.19. The zero-order valence-corrected chi connectivity index (χ0v) is 20.2. The second-order valence-corrected chi connectivity index (χ2v) is 9.93. The van der Waals surface area contributed by atoms with Crippen LogP contribution >= 0.6 is 11.6 Å². The minimum Gasteiger partial charge on any atom is -0.387 e. The van der Waals surface area contributed by atoms with Gasteiger partial charge in [0.2, 0.25) is 9.84 Å². The van der Waals surface area contributed by atoms with Crippen LogP contribution in [0.15, 0.2) is 82.6 Å². The number of halogens is 1. The molecule has 0 aliphatic rings. The van der Waals surface area contributed by atoms with E-state index in [1.165, 1.54) is 24.3 Å². The molecule has 9 heteroatoms. The Bertz CT molecular complexity index is 1210. The first-order chi connectivity index (χ1) is 16.3. The second kappa shape index (κ2) is 12.0. The molecule has 2 N–H and O–H groups in total. The van der Waals surface area contributed by atoms with Crippen LogP contribution < -0.4 is 10.2 Å². The van der Waals surface area contributed by atoms with E-state index in [1.54, 1.807) is 49.4 Å². The van der Waals surface area contributed by atoms with Crippen molar-refractivity contribution in [2.45, 2.75) is 35.7 Å². The number of carbonyl (C=O) groups is 1. The van der Waals surface area contributed by atoms with Crippen LogP contribution in [-0.4, -0.2) is 32.6 Å². The first kappa shape index (κ1) is 25.7. The van der Waals surface area contributed by atoms with Crippen molar-refractivity contribution in [1.82, 2.24) is 5.32 Å². The molecule has 3 aromatic rings. The number of aliphatic hydroxyl groups is 1. The topological polar surface area (TPSA) is 102 Å². The quantitative estimate of drug-likeness (QED) is 0.229. The van der Waals surface area contributed by atoms with E-state index in [0.29, 0.717) is 24.5 Å². The lowest BCUT2D eigenvalue weighted by atomic mass is 10.1.